The highest BCUT2D eigenvalue weighted by molar-refractivity contribution is 7.89. The van der Waals surface area contributed by atoms with Gasteiger partial charge >= 0.3 is 0 Å². The molecule has 1 aromatic heterocycles. The molecule has 8 heteroatoms. The Morgan fingerprint density at radius 1 is 0.862 bits per heavy atom. The molecule has 3 aromatic rings. The Morgan fingerprint density at radius 2 is 1.52 bits per heavy atom. The fraction of sp³-hybridized carbons (Fsp3) is 0.190. The number of nitrogens with zero attached hydrogens (tertiary/aromatic N) is 3. The van der Waals surface area contributed by atoms with Gasteiger partial charge in [-0.2, -0.15) is 4.31 Å². The summed E-state index contributed by atoms with van der Waals surface area (Å²) in [7, 11) is -3.78. The first-order chi connectivity index (χ1) is 13.9. The largest absolute Gasteiger partial charge is 0.336 e. The first kappa shape index (κ1) is 19.4. The molecule has 1 amide bonds. The zero-order chi connectivity index (χ0) is 20.4. The number of benzene rings is 2. The van der Waals surface area contributed by atoms with E-state index in [-0.39, 0.29) is 37.0 Å². The summed E-state index contributed by atoms with van der Waals surface area (Å²) in [5.74, 6) is -0.727. The molecule has 0 N–H and O–H groups in total. The van der Waals surface area contributed by atoms with Crippen molar-refractivity contribution in [1.82, 2.24) is 13.8 Å². The smallest absolute Gasteiger partial charge is 0.253 e. The minimum Gasteiger partial charge on any atom is -0.336 e. The summed E-state index contributed by atoms with van der Waals surface area (Å²) in [4.78, 5) is 14.3. The van der Waals surface area contributed by atoms with Crippen molar-refractivity contribution in [3.63, 3.8) is 0 Å². The average molecular weight is 413 g/mol. The Labute approximate surface area is 168 Å². The molecule has 4 rings (SSSR count). The second-order valence-corrected chi connectivity index (χ2v) is 8.73. The summed E-state index contributed by atoms with van der Waals surface area (Å²) in [6.45, 7) is 0.914. The number of piperazine rings is 1. The van der Waals surface area contributed by atoms with E-state index >= 15 is 0 Å². The van der Waals surface area contributed by atoms with Crippen LogP contribution in [0.4, 0.5) is 4.39 Å². The van der Waals surface area contributed by atoms with Crippen LogP contribution in [0.5, 0.6) is 0 Å². The maximum absolute atomic E-state index is 13.4. The van der Waals surface area contributed by atoms with Crippen LogP contribution in [0.2, 0.25) is 0 Å². The summed E-state index contributed by atoms with van der Waals surface area (Å²) < 4.78 is 42.0. The van der Waals surface area contributed by atoms with Crippen LogP contribution in [0, 0.1) is 5.82 Å². The van der Waals surface area contributed by atoms with Crippen LogP contribution in [-0.2, 0) is 10.0 Å². The van der Waals surface area contributed by atoms with Gasteiger partial charge in [-0.15, -0.1) is 0 Å². The number of carbonyl (C=O) groups is 1. The Morgan fingerprint density at radius 3 is 2.14 bits per heavy atom. The zero-order valence-corrected chi connectivity index (χ0v) is 16.4. The molecule has 1 aliphatic heterocycles. The summed E-state index contributed by atoms with van der Waals surface area (Å²) in [6, 6.07) is 16.1. The average Bonchev–Trinajstić information content (AvgIpc) is 3.28. The summed E-state index contributed by atoms with van der Waals surface area (Å²) in [6.07, 6.45) is 3.85. The lowest BCUT2D eigenvalue weighted by atomic mass is 10.1. The third-order valence-electron chi connectivity index (χ3n) is 4.98. The van der Waals surface area contributed by atoms with Crippen molar-refractivity contribution in [1.29, 1.82) is 0 Å². The van der Waals surface area contributed by atoms with E-state index in [1.54, 1.807) is 17.0 Å². The van der Waals surface area contributed by atoms with Crippen molar-refractivity contribution in [2.24, 2.45) is 0 Å². The fourth-order valence-electron chi connectivity index (χ4n) is 3.37. The third kappa shape index (κ3) is 3.94. The molecule has 0 bridgehead atoms. The topological polar surface area (TPSA) is 62.6 Å². The Kier molecular flexibility index (Phi) is 5.21. The summed E-state index contributed by atoms with van der Waals surface area (Å²) >= 11 is 0. The lowest BCUT2D eigenvalue weighted by Gasteiger charge is -2.34. The normalized spacial score (nSPS) is 15.4. The maximum Gasteiger partial charge on any atom is 0.253 e. The molecule has 0 saturated carbocycles. The monoisotopic (exact) mass is 413 g/mol. The van der Waals surface area contributed by atoms with Gasteiger partial charge in [-0.25, -0.2) is 12.8 Å². The molecule has 2 aromatic carbocycles. The van der Waals surface area contributed by atoms with Crippen LogP contribution < -0.4 is 0 Å². The number of rotatable bonds is 4. The van der Waals surface area contributed by atoms with E-state index in [9.17, 15) is 17.6 Å². The Hall–Kier alpha value is -2.97. The van der Waals surface area contributed by atoms with Gasteiger partial charge in [0, 0.05) is 49.8 Å². The van der Waals surface area contributed by atoms with Crippen LogP contribution in [-0.4, -0.2) is 54.3 Å². The van der Waals surface area contributed by atoms with E-state index < -0.39 is 15.8 Å². The standard InChI is InChI=1S/C21H20FN3O3S/c22-18-4-3-5-20(16-18)29(27,28)25-14-12-24(13-15-25)21(26)17-6-8-19(9-7-17)23-10-1-2-11-23/h1-11,16H,12-15H2. The van der Waals surface area contributed by atoms with Gasteiger partial charge in [0.2, 0.25) is 10.0 Å². The molecule has 6 nitrogen and oxygen atoms in total. The van der Waals surface area contributed by atoms with Gasteiger partial charge in [0.1, 0.15) is 5.82 Å². The molecule has 2 heterocycles. The number of halogens is 1. The maximum atomic E-state index is 13.4. The lowest BCUT2D eigenvalue weighted by Crippen LogP contribution is -2.50. The van der Waals surface area contributed by atoms with Crippen molar-refractivity contribution < 1.29 is 17.6 Å². The van der Waals surface area contributed by atoms with E-state index in [2.05, 4.69) is 0 Å². The van der Waals surface area contributed by atoms with Crippen LogP contribution in [0.3, 0.4) is 0 Å². The number of hydrogen-bond donors (Lipinski definition) is 0. The first-order valence-corrected chi connectivity index (χ1v) is 10.7. The van der Waals surface area contributed by atoms with Gasteiger partial charge in [0.15, 0.2) is 0 Å². The molecule has 1 aliphatic rings. The van der Waals surface area contributed by atoms with E-state index in [4.69, 9.17) is 0 Å². The molecule has 0 radical (unpaired) electrons. The summed E-state index contributed by atoms with van der Waals surface area (Å²) in [5.41, 5.74) is 1.51. The number of amides is 1. The van der Waals surface area contributed by atoms with Crippen LogP contribution in [0.1, 0.15) is 10.4 Å². The molecule has 0 atom stereocenters. The highest BCUT2D eigenvalue weighted by Crippen LogP contribution is 2.19. The number of aromatic nitrogens is 1. The van der Waals surface area contributed by atoms with Gasteiger partial charge in [-0.3, -0.25) is 4.79 Å². The molecule has 0 unspecified atom stereocenters. The van der Waals surface area contributed by atoms with Gasteiger partial charge in [0.05, 0.1) is 4.90 Å². The molecule has 150 valence electrons. The number of hydrogen-bond acceptors (Lipinski definition) is 3. The summed E-state index contributed by atoms with van der Waals surface area (Å²) in [5, 5.41) is 0. The molecular weight excluding hydrogens is 393 g/mol. The van der Waals surface area contributed by atoms with Crippen molar-refractivity contribution in [2.75, 3.05) is 26.2 Å². The van der Waals surface area contributed by atoms with E-state index in [1.165, 1.54) is 22.5 Å². The van der Waals surface area contributed by atoms with Crippen molar-refractivity contribution in [2.45, 2.75) is 4.90 Å². The Bertz CT molecular complexity index is 1100. The van der Waals surface area contributed by atoms with Crippen molar-refractivity contribution in [3.8, 4) is 5.69 Å². The third-order valence-corrected chi connectivity index (χ3v) is 6.87. The van der Waals surface area contributed by atoms with Crippen LogP contribution >= 0.6 is 0 Å². The minimum absolute atomic E-state index is 0.0714. The quantitative estimate of drug-likeness (QED) is 0.661. The van der Waals surface area contributed by atoms with Gasteiger partial charge in [-0.1, -0.05) is 6.07 Å². The van der Waals surface area contributed by atoms with E-state index in [1.807, 2.05) is 41.2 Å². The number of carbonyl (C=O) groups excluding carboxylic acids is 1. The second-order valence-electron chi connectivity index (χ2n) is 6.79. The van der Waals surface area contributed by atoms with Gasteiger partial charge in [-0.05, 0) is 54.6 Å². The number of sulfonamides is 1. The van der Waals surface area contributed by atoms with Gasteiger partial charge < -0.3 is 9.47 Å². The molecular formula is C21H20FN3O3S. The molecule has 1 fully saturated rings. The van der Waals surface area contributed by atoms with Gasteiger partial charge in [0.25, 0.3) is 5.91 Å². The molecule has 0 spiro atoms. The van der Waals surface area contributed by atoms with Crippen molar-refractivity contribution in [3.05, 3.63) is 84.4 Å². The van der Waals surface area contributed by atoms with E-state index in [0.29, 0.717) is 5.56 Å². The molecule has 1 saturated heterocycles. The lowest BCUT2D eigenvalue weighted by molar-refractivity contribution is 0.0698. The van der Waals surface area contributed by atoms with Crippen molar-refractivity contribution >= 4 is 15.9 Å². The SMILES string of the molecule is O=C(c1ccc(-n2cccc2)cc1)N1CCN(S(=O)(=O)c2cccc(F)c2)CC1. The Balaban J connectivity index is 1.42. The first-order valence-electron chi connectivity index (χ1n) is 9.23. The predicted octanol–water partition coefficient (Wildman–Crippen LogP) is 2.76. The van der Waals surface area contributed by atoms with Crippen LogP contribution in [0.15, 0.2) is 78.0 Å². The highest BCUT2D eigenvalue weighted by atomic mass is 32.2. The molecule has 29 heavy (non-hydrogen) atoms. The second kappa shape index (κ2) is 7.81. The van der Waals surface area contributed by atoms with E-state index in [0.717, 1.165) is 11.8 Å². The predicted molar refractivity (Wildman–Crippen MR) is 107 cm³/mol. The molecule has 0 aliphatic carbocycles. The highest BCUT2D eigenvalue weighted by Gasteiger charge is 2.30. The minimum atomic E-state index is -3.78. The van der Waals surface area contributed by atoms with Crippen LogP contribution in [0.25, 0.3) is 5.69 Å². The fourth-order valence-corrected chi connectivity index (χ4v) is 4.83. The zero-order valence-electron chi connectivity index (χ0n) is 15.6.